The Morgan fingerprint density at radius 2 is 2.00 bits per heavy atom. The number of anilines is 1. The quantitative estimate of drug-likeness (QED) is 0.755. The number of hydrogen-bond donors (Lipinski definition) is 2. The van der Waals surface area contributed by atoms with Crippen molar-refractivity contribution < 1.29 is 9.53 Å². The highest BCUT2D eigenvalue weighted by Crippen LogP contribution is 2.27. The SMILES string of the molecule is CCOc1ccc(NC(=O)N2CCc3c([nH]c4ccccc34)C2)cc1. The standard InChI is InChI=1S/C20H21N3O2/c1-2-25-15-9-7-14(8-10-15)21-20(24)23-12-11-17-16-5-3-4-6-18(16)22-19(17)13-23/h3-10,22H,2,11-13H2,1H3,(H,21,24). The number of H-pyrrole nitrogens is 1. The minimum absolute atomic E-state index is 0.0755. The zero-order valence-corrected chi connectivity index (χ0v) is 14.2. The summed E-state index contributed by atoms with van der Waals surface area (Å²) in [6, 6.07) is 15.7. The van der Waals surface area contributed by atoms with Gasteiger partial charge < -0.3 is 19.9 Å². The van der Waals surface area contributed by atoms with Gasteiger partial charge in [-0.25, -0.2) is 4.79 Å². The van der Waals surface area contributed by atoms with Crippen LogP contribution in [0.4, 0.5) is 10.5 Å². The largest absolute Gasteiger partial charge is 0.494 e. The molecule has 5 heteroatoms. The molecule has 0 saturated heterocycles. The van der Waals surface area contributed by atoms with Crippen molar-refractivity contribution in [2.75, 3.05) is 18.5 Å². The predicted molar refractivity (Wildman–Crippen MR) is 99.0 cm³/mol. The summed E-state index contributed by atoms with van der Waals surface area (Å²) in [6.07, 6.45) is 0.871. The highest BCUT2D eigenvalue weighted by Gasteiger charge is 2.23. The molecule has 1 aromatic heterocycles. The molecule has 3 aromatic rings. The predicted octanol–water partition coefficient (Wildman–Crippen LogP) is 4.16. The number of hydrogen-bond acceptors (Lipinski definition) is 2. The summed E-state index contributed by atoms with van der Waals surface area (Å²) in [5, 5.41) is 4.23. The highest BCUT2D eigenvalue weighted by atomic mass is 16.5. The van der Waals surface area contributed by atoms with E-state index >= 15 is 0 Å². The Morgan fingerprint density at radius 3 is 2.80 bits per heavy atom. The van der Waals surface area contributed by atoms with Gasteiger partial charge in [-0.1, -0.05) is 18.2 Å². The van der Waals surface area contributed by atoms with Crippen molar-refractivity contribution in [1.29, 1.82) is 0 Å². The molecule has 1 aliphatic rings. The molecule has 0 aliphatic carbocycles. The molecule has 25 heavy (non-hydrogen) atoms. The van der Waals surface area contributed by atoms with Gasteiger partial charge >= 0.3 is 6.03 Å². The number of benzene rings is 2. The molecule has 2 aromatic carbocycles. The number of ether oxygens (including phenoxy) is 1. The smallest absolute Gasteiger partial charge is 0.322 e. The van der Waals surface area contributed by atoms with E-state index < -0.39 is 0 Å². The Bertz CT molecular complexity index is 899. The number of aromatic amines is 1. The molecule has 0 radical (unpaired) electrons. The molecule has 2 N–H and O–H groups in total. The van der Waals surface area contributed by atoms with E-state index in [1.54, 1.807) is 0 Å². The second kappa shape index (κ2) is 6.51. The summed E-state index contributed by atoms with van der Waals surface area (Å²) < 4.78 is 5.42. The number of para-hydroxylation sites is 1. The summed E-state index contributed by atoms with van der Waals surface area (Å²) in [7, 11) is 0. The number of nitrogens with one attached hydrogen (secondary N) is 2. The van der Waals surface area contributed by atoms with Crippen LogP contribution in [0.1, 0.15) is 18.2 Å². The lowest BCUT2D eigenvalue weighted by Gasteiger charge is -2.27. The lowest BCUT2D eigenvalue weighted by molar-refractivity contribution is 0.206. The van der Waals surface area contributed by atoms with Gasteiger partial charge in [0.2, 0.25) is 0 Å². The summed E-state index contributed by atoms with van der Waals surface area (Å²) in [6.45, 7) is 3.90. The van der Waals surface area contributed by atoms with E-state index in [0.29, 0.717) is 13.2 Å². The van der Waals surface area contributed by atoms with Crippen LogP contribution in [0.15, 0.2) is 48.5 Å². The first-order valence-electron chi connectivity index (χ1n) is 8.62. The summed E-state index contributed by atoms with van der Waals surface area (Å²) in [5.74, 6) is 0.807. The fraction of sp³-hybridized carbons (Fsp3) is 0.250. The number of nitrogens with zero attached hydrogens (tertiary/aromatic N) is 1. The average molecular weight is 335 g/mol. The summed E-state index contributed by atoms with van der Waals surface area (Å²) in [4.78, 5) is 17.9. The van der Waals surface area contributed by atoms with E-state index in [1.807, 2.05) is 42.2 Å². The van der Waals surface area contributed by atoms with Crippen LogP contribution < -0.4 is 10.1 Å². The minimum atomic E-state index is -0.0755. The zero-order chi connectivity index (χ0) is 17.2. The second-order valence-corrected chi connectivity index (χ2v) is 6.19. The Labute approximate surface area is 146 Å². The first kappa shape index (κ1) is 15.6. The molecular formula is C20H21N3O2. The van der Waals surface area contributed by atoms with Crippen molar-refractivity contribution in [1.82, 2.24) is 9.88 Å². The van der Waals surface area contributed by atoms with Crippen LogP contribution >= 0.6 is 0 Å². The Hall–Kier alpha value is -2.95. The second-order valence-electron chi connectivity index (χ2n) is 6.19. The molecule has 2 heterocycles. The molecular weight excluding hydrogens is 314 g/mol. The minimum Gasteiger partial charge on any atom is -0.494 e. The maximum atomic E-state index is 12.6. The number of carbonyl (C=O) groups is 1. The van der Waals surface area contributed by atoms with E-state index in [-0.39, 0.29) is 6.03 Å². The van der Waals surface area contributed by atoms with Crippen LogP contribution in [-0.4, -0.2) is 29.1 Å². The maximum absolute atomic E-state index is 12.6. The topological polar surface area (TPSA) is 57.4 Å². The van der Waals surface area contributed by atoms with Gasteiger partial charge in [-0.05, 0) is 49.2 Å². The Kier molecular flexibility index (Phi) is 4.06. The number of carbonyl (C=O) groups excluding carboxylic acids is 1. The van der Waals surface area contributed by atoms with Gasteiger partial charge in [0.1, 0.15) is 5.75 Å². The third kappa shape index (κ3) is 3.05. The van der Waals surface area contributed by atoms with Gasteiger partial charge in [0.15, 0.2) is 0 Å². The molecule has 0 atom stereocenters. The van der Waals surface area contributed by atoms with E-state index in [2.05, 4.69) is 28.5 Å². The molecule has 0 spiro atoms. The van der Waals surface area contributed by atoms with Gasteiger partial charge in [0.25, 0.3) is 0 Å². The molecule has 5 nitrogen and oxygen atoms in total. The first-order chi connectivity index (χ1) is 12.2. The molecule has 0 bridgehead atoms. The van der Waals surface area contributed by atoms with Crippen molar-refractivity contribution in [3.05, 3.63) is 59.8 Å². The highest BCUT2D eigenvalue weighted by molar-refractivity contribution is 5.90. The van der Waals surface area contributed by atoms with Crippen molar-refractivity contribution >= 4 is 22.6 Å². The van der Waals surface area contributed by atoms with Crippen molar-refractivity contribution in [2.24, 2.45) is 0 Å². The number of amides is 2. The fourth-order valence-corrected chi connectivity index (χ4v) is 3.37. The Morgan fingerprint density at radius 1 is 1.20 bits per heavy atom. The van der Waals surface area contributed by atoms with Gasteiger partial charge in [-0.15, -0.1) is 0 Å². The fourth-order valence-electron chi connectivity index (χ4n) is 3.37. The molecule has 2 amide bonds. The van der Waals surface area contributed by atoms with Crippen molar-refractivity contribution in [3.8, 4) is 5.75 Å². The third-order valence-electron chi connectivity index (χ3n) is 4.59. The summed E-state index contributed by atoms with van der Waals surface area (Å²) in [5.41, 5.74) is 4.38. The van der Waals surface area contributed by atoms with Gasteiger partial charge in [0.05, 0.1) is 13.2 Å². The van der Waals surface area contributed by atoms with Crippen LogP contribution in [0.3, 0.4) is 0 Å². The normalized spacial score (nSPS) is 13.6. The third-order valence-corrected chi connectivity index (χ3v) is 4.59. The number of urea groups is 1. The number of rotatable bonds is 3. The lowest BCUT2D eigenvalue weighted by Crippen LogP contribution is -2.38. The monoisotopic (exact) mass is 335 g/mol. The van der Waals surface area contributed by atoms with Gasteiger partial charge in [-0.3, -0.25) is 0 Å². The van der Waals surface area contributed by atoms with E-state index in [0.717, 1.165) is 35.6 Å². The first-order valence-corrected chi connectivity index (χ1v) is 8.62. The van der Waals surface area contributed by atoms with Crippen molar-refractivity contribution in [3.63, 3.8) is 0 Å². The van der Waals surface area contributed by atoms with Crippen LogP contribution in [0.2, 0.25) is 0 Å². The van der Waals surface area contributed by atoms with E-state index in [9.17, 15) is 4.79 Å². The molecule has 128 valence electrons. The number of fused-ring (bicyclic) bond motifs is 3. The van der Waals surface area contributed by atoms with Crippen LogP contribution in [0.25, 0.3) is 10.9 Å². The molecule has 0 saturated carbocycles. The van der Waals surface area contributed by atoms with Gasteiger partial charge in [0, 0.05) is 28.8 Å². The van der Waals surface area contributed by atoms with E-state index in [1.165, 1.54) is 10.9 Å². The van der Waals surface area contributed by atoms with Crippen LogP contribution in [-0.2, 0) is 13.0 Å². The average Bonchev–Trinajstić information content (AvgIpc) is 3.01. The zero-order valence-electron chi connectivity index (χ0n) is 14.2. The molecule has 0 unspecified atom stereocenters. The van der Waals surface area contributed by atoms with Crippen LogP contribution in [0, 0.1) is 0 Å². The molecule has 4 rings (SSSR count). The maximum Gasteiger partial charge on any atom is 0.322 e. The van der Waals surface area contributed by atoms with Crippen molar-refractivity contribution in [2.45, 2.75) is 19.9 Å². The Balaban J connectivity index is 1.46. The lowest BCUT2D eigenvalue weighted by atomic mass is 10.0. The van der Waals surface area contributed by atoms with Crippen LogP contribution in [0.5, 0.6) is 5.75 Å². The molecule has 1 aliphatic heterocycles. The van der Waals surface area contributed by atoms with E-state index in [4.69, 9.17) is 4.74 Å². The van der Waals surface area contributed by atoms with Gasteiger partial charge in [-0.2, -0.15) is 0 Å². The number of aromatic nitrogens is 1. The molecule has 0 fully saturated rings. The summed E-state index contributed by atoms with van der Waals surface area (Å²) >= 11 is 0.